The van der Waals surface area contributed by atoms with Gasteiger partial charge in [-0.15, -0.1) is 0 Å². The Morgan fingerprint density at radius 2 is 2.00 bits per heavy atom. The molecule has 148 valence electrons. The van der Waals surface area contributed by atoms with Crippen molar-refractivity contribution in [3.8, 4) is 11.4 Å². The monoisotopic (exact) mass is 387 g/mol. The normalized spacial score (nSPS) is 21.9. The number of pyridine rings is 1. The molecule has 3 saturated heterocycles. The summed E-state index contributed by atoms with van der Waals surface area (Å²) >= 11 is 0. The van der Waals surface area contributed by atoms with Gasteiger partial charge in [-0.2, -0.15) is 0 Å². The van der Waals surface area contributed by atoms with Gasteiger partial charge in [-0.3, -0.25) is 14.7 Å². The molecule has 2 aromatic heterocycles. The number of aromatic amines is 1. The van der Waals surface area contributed by atoms with E-state index in [1.54, 1.807) is 12.4 Å². The van der Waals surface area contributed by atoms with Gasteiger partial charge in [0.1, 0.15) is 5.82 Å². The fraction of sp³-hybridized carbons (Fsp3) is 0.348. The SMILES string of the molecule is O=C(c1ccccc1-c1ncc[nH]1)N1C[C@H]2CC[C@@H]1CN(Cc1cccnc1)C2. The number of rotatable bonds is 4. The lowest BCUT2D eigenvalue weighted by Gasteiger charge is -2.36. The van der Waals surface area contributed by atoms with Crippen LogP contribution >= 0.6 is 0 Å². The van der Waals surface area contributed by atoms with E-state index in [4.69, 9.17) is 0 Å². The van der Waals surface area contributed by atoms with Crippen molar-refractivity contribution in [1.29, 1.82) is 0 Å². The minimum atomic E-state index is 0.120. The van der Waals surface area contributed by atoms with Gasteiger partial charge >= 0.3 is 0 Å². The highest BCUT2D eigenvalue weighted by molar-refractivity contribution is 6.00. The molecule has 29 heavy (non-hydrogen) atoms. The van der Waals surface area contributed by atoms with Gasteiger partial charge in [-0.1, -0.05) is 24.3 Å². The number of nitrogens with one attached hydrogen (secondary N) is 1. The molecule has 0 spiro atoms. The van der Waals surface area contributed by atoms with E-state index in [9.17, 15) is 4.79 Å². The topological polar surface area (TPSA) is 65.1 Å². The third kappa shape index (κ3) is 3.68. The van der Waals surface area contributed by atoms with Crippen molar-refractivity contribution in [2.24, 2.45) is 5.92 Å². The third-order valence-corrected chi connectivity index (χ3v) is 6.09. The second kappa shape index (κ2) is 7.79. The molecular formula is C23H25N5O. The molecule has 1 amide bonds. The smallest absolute Gasteiger partial charge is 0.254 e. The molecule has 3 aliphatic rings. The predicted molar refractivity (Wildman–Crippen MR) is 111 cm³/mol. The highest BCUT2D eigenvalue weighted by atomic mass is 16.2. The van der Waals surface area contributed by atoms with Crippen LogP contribution in [0.2, 0.25) is 0 Å². The first-order valence-electron chi connectivity index (χ1n) is 10.3. The first-order chi connectivity index (χ1) is 14.3. The van der Waals surface area contributed by atoms with Gasteiger partial charge in [0.05, 0.1) is 5.56 Å². The van der Waals surface area contributed by atoms with Crippen LogP contribution in [0.25, 0.3) is 11.4 Å². The summed E-state index contributed by atoms with van der Waals surface area (Å²) < 4.78 is 0. The summed E-state index contributed by atoms with van der Waals surface area (Å²) in [6.45, 7) is 3.68. The Bertz CT molecular complexity index is 972. The zero-order valence-electron chi connectivity index (χ0n) is 16.4. The first kappa shape index (κ1) is 18.1. The highest BCUT2D eigenvalue weighted by Crippen LogP contribution is 2.31. The summed E-state index contributed by atoms with van der Waals surface area (Å²) in [4.78, 5) is 29.9. The van der Waals surface area contributed by atoms with E-state index in [0.29, 0.717) is 5.92 Å². The number of amides is 1. The highest BCUT2D eigenvalue weighted by Gasteiger charge is 2.38. The van der Waals surface area contributed by atoms with Crippen molar-refractivity contribution in [1.82, 2.24) is 24.8 Å². The average Bonchev–Trinajstić information content (AvgIpc) is 3.16. The number of piperidine rings is 1. The number of imidazole rings is 1. The Morgan fingerprint density at radius 1 is 1.07 bits per heavy atom. The quantitative estimate of drug-likeness (QED) is 0.747. The summed E-state index contributed by atoms with van der Waals surface area (Å²) in [7, 11) is 0. The Balaban J connectivity index is 1.38. The summed E-state index contributed by atoms with van der Waals surface area (Å²) in [6, 6.07) is 12.2. The maximum Gasteiger partial charge on any atom is 0.254 e. The minimum absolute atomic E-state index is 0.120. The lowest BCUT2D eigenvalue weighted by atomic mass is 9.93. The summed E-state index contributed by atoms with van der Waals surface area (Å²) in [5.74, 6) is 1.38. The van der Waals surface area contributed by atoms with Crippen molar-refractivity contribution in [2.45, 2.75) is 25.4 Å². The average molecular weight is 387 g/mol. The van der Waals surface area contributed by atoms with Crippen LogP contribution in [0.1, 0.15) is 28.8 Å². The first-order valence-corrected chi connectivity index (χ1v) is 10.3. The number of hydrogen-bond donors (Lipinski definition) is 1. The zero-order chi connectivity index (χ0) is 19.6. The van der Waals surface area contributed by atoms with Crippen LogP contribution in [0.4, 0.5) is 0 Å². The molecule has 1 aromatic carbocycles. The van der Waals surface area contributed by atoms with Crippen molar-refractivity contribution in [3.63, 3.8) is 0 Å². The van der Waals surface area contributed by atoms with E-state index in [1.807, 2.05) is 42.7 Å². The van der Waals surface area contributed by atoms with Crippen LogP contribution in [-0.4, -0.2) is 56.3 Å². The lowest BCUT2D eigenvalue weighted by Crippen LogP contribution is -2.47. The molecule has 5 heterocycles. The molecule has 6 nitrogen and oxygen atoms in total. The van der Waals surface area contributed by atoms with Gasteiger partial charge in [-0.25, -0.2) is 4.98 Å². The largest absolute Gasteiger partial charge is 0.345 e. The van der Waals surface area contributed by atoms with Gasteiger partial charge < -0.3 is 9.88 Å². The number of carbonyl (C=O) groups is 1. The molecule has 2 bridgehead atoms. The summed E-state index contributed by atoms with van der Waals surface area (Å²) in [5.41, 5.74) is 2.83. The number of H-pyrrole nitrogens is 1. The second-order valence-corrected chi connectivity index (χ2v) is 8.09. The van der Waals surface area contributed by atoms with E-state index in [-0.39, 0.29) is 11.9 Å². The standard InChI is InChI=1S/C23H25N5O/c29-23(21-6-2-1-5-20(21)22-25-10-11-26-22)28-15-18-7-8-19(28)16-27(14-18)13-17-4-3-9-24-12-17/h1-6,9-12,18-19H,7-8,13-16H2,(H,25,26)/t18-,19+/m0/s1. The Labute approximate surface area is 170 Å². The molecule has 6 heteroatoms. The van der Waals surface area contributed by atoms with Gasteiger partial charge in [0.15, 0.2) is 0 Å². The molecule has 6 rings (SSSR count). The van der Waals surface area contributed by atoms with Crippen LogP contribution in [0.15, 0.2) is 61.2 Å². The number of benzene rings is 1. The second-order valence-electron chi connectivity index (χ2n) is 8.09. The van der Waals surface area contributed by atoms with Crippen LogP contribution in [-0.2, 0) is 6.54 Å². The molecule has 0 unspecified atom stereocenters. The minimum Gasteiger partial charge on any atom is -0.345 e. The van der Waals surface area contributed by atoms with E-state index in [0.717, 1.165) is 49.6 Å². The van der Waals surface area contributed by atoms with Crippen LogP contribution in [0.5, 0.6) is 0 Å². The van der Waals surface area contributed by atoms with E-state index in [2.05, 4.69) is 30.8 Å². The van der Waals surface area contributed by atoms with Crippen molar-refractivity contribution in [2.75, 3.05) is 19.6 Å². The fourth-order valence-electron chi connectivity index (χ4n) is 4.75. The van der Waals surface area contributed by atoms with Crippen LogP contribution in [0, 0.1) is 5.92 Å². The van der Waals surface area contributed by atoms with E-state index < -0.39 is 0 Å². The lowest BCUT2D eigenvalue weighted by molar-refractivity contribution is 0.0585. The molecule has 3 fully saturated rings. The molecule has 0 radical (unpaired) electrons. The number of carbonyl (C=O) groups excluding carboxylic acids is 1. The Kier molecular flexibility index (Phi) is 4.86. The Hall–Kier alpha value is -2.99. The molecular weight excluding hydrogens is 362 g/mol. The molecule has 2 atom stereocenters. The zero-order valence-corrected chi connectivity index (χ0v) is 16.4. The van der Waals surface area contributed by atoms with Gasteiger partial charge in [0, 0.05) is 62.6 Å². The van der Waals surface area contributed by atoms with Gasteiger partial charge in [-0.05, 0) is 36.5 Å². The molecule has 3 aliphatic heterocycles. The van der Waals surface area contributed by atoms with Crippen molar-refractivity contribution >= 4 is 5.91 Å². The maximum absolute atomic E-state index is 13.6. The third-order valence-electron chi connectivity index (χ3n) is 6.09. The number of fused-ring (bicyclic) bond motifs is 4. The van der Waals surface area contributed by atoms with E-state index in [1.165, 1.54) is 12.0 Å². The Morgan fingerprint density at radius 3 is 2.83 bits per heavy atom. The number of aromatic nitrogens is 3. The van der Waals surface area contributed by atoms with Crippen LogP contribution in [0.3, 0.4) is 0 Å². The molecule has 1 N–H and O–H groups in total. The molecule has 0 aliphatic carbocycles. The summed E-state index contributed by atoms with van der Waals surface area (Å²) in [5, 5.41) is 0. The molecule has 3 aromatic rings. The predicted octanol–water partition coefficient (Wildman–Crippen LogP) is 3.21. The maximum atomic E-state index is 13.6. The van der Waals surface area contributed by atoms with Crippen molar-refractivity contribution < 1.29 is 4.79 Å². The van der Waals surface area contributed by atoms with Gasteiger partial charge in [0.25, 0.3) is 5.91 Å². The van der Waals surface area contributed by atoms with Gasteiger partial charge in [0.2, 0.25) is 0 Å². The number of nitrogens with zero attached hydrogens (tertiary/aromatic N) is 4. The summed E-state index contributed by atoms with van der Waals surface area (Å²) in [6.07, 6.45) is 9.53. The van der Waals surface area contributed by atoms with Crippen molar-refractivity contribution in [3.05, 3.63) is 72.3 Å². The van der Waals surface area contributed by atoms with Crippen LogP contribution < -0.4 is 0 Å². The molecule has 0 saturated carbocycles. The van der Waals surface area contributed by atoms with E-state index >= 15 is 0 Å². The number of hydrogen-bond acceptors (Lipinski definition) is 4. The fourth-order valence-corrected chi connectivity index (χ4v) is 4.75.